The van der Waals surface area contributed by atoms with Crippen molar-refractivity contribution < 1.29 is 14.3 Å². The van der Waals surface area contributed by atoms with Crippen LogP contribution in [0.15, 0.2) is 72.8 Å². The molecule has 1 spiro atoms. The fraction of sp³-hybridized carbons (Fsp3) is 0.231. The Labute approximate surface area is 197 Å². The summed E-state index contributed by atoms with van der Waals surface area (Å²) in [5.41, 5.74) is 4.56. The predicted molar refractivity (Wildman–Crippen MR) is 132 cm³/mol. The van der Waals surface area contributed by atoms with Crippen LogP contribution in [-0.2, 0) is 16.2 Å². The van der Waals surface area contributed by atoms with Crippen LogP contribution in [0.1, 0.15) is 16.7 Å². The van der Waals surface area contributed by atoms with Crippen LogP contribution in [0.5, 0.6) is 5.75 Å². The van der Waals surface area contributed by atoms with Gasteiger partial charge in [-0.1, -0.05) is 54.1 Å². The number of benzene rings is 3. The number of carbonyl (C=O) groups excluding carboxylic acids is 2. The van der Waals surface area contributed by atoms with Gasteiger partial charge in [0.2, 0.25) is 0 Å². The van der Waals surface area contributed by atoms with E-state index in [4.69, 9.17) is 4.74 Å². The topological polar surface area (TPSA) is 61.9 Å². The van der Waals surface area contributed by atoms with Crippen LogP contribution in [-0.4, -0.2) is 36.2 Å². The Kier molecular flexibility index (Phi) is 5.50. The fourth-order valence-electron chi connectivity index (χ4n) is 4.61. The lowest BCUT2D eigenvalue weighted by atomic mass is 10.1. The third-order valence-electron chi connectivity index (χ3n) is 6.09. The summed E-state index contributed by atoms with van der Waals surface area (Å²) in [6.07, 6.45) is 0. The highest BCUT2D eigenvalue weighted by atomic mass is 32.2. The number of nitrogens with zero attached hydrogens (tertiary/aromatic N) is 2. The Bertz CT molecular complexity index is 1230. The monoisotopic (exact) mass is 459 g/mol. The van der Waals surface area contributed by atoms with Crippen molar-refractivity contribution in [1.82, 2.24) is 4.90 Å². The SMILES string of the molecule is COc1cccc(NC(=O)N2CCSC23C(=O)N(Cc2cccc(C)c2)c2ccccc23)c1. The largest absolute Gasteiger partial charge is 0.497 e. The molecule has 1 atom stereocenters. The molecule has 0 saturated carbocycles. The van der Waals surface area contributed by atoms with Crippen molar-refractivity contribution in [3.05, 3.63) is 89.5 Å². The van der Waals surface area contributed by atoms with Crippen molar-refractivity contribution in [2.45, 2.75) is 18.3 Å². The number of anilines is 2. The highest BCUT2D eigenvalue weighted by Crippen LogP contribution is 2.54. The summed E-state index contributed by atoms with van der Waals surface area (Å²) in [4.78, 5) is 29.9. The van der Waals surface area contributed by atoms with Crippen LogP contribution >= 0.6 is 11.8 Å². The quantitative estimate of drug-likeness (QED) is 0.598. The maximum Gasteiger partial charge on any atom is 0.323 e. The molecule has 2 aliphatic heterocycles. The molecule has 7 heteroatoms. The van der Waals surface area contributed by atoms with Gasteiger partial charge in [-0.2, -0.15) is 0 Å². The Hall–Kier alpha value is -3.45. The summed E-state index contributed by atoms with van der Waals surface area (Å²) in [7, 11) is 1.59. The Morgan fingerprint density at radius 2 is 1.91 bits per heavy atom. The van der Waals surface area contributed by atoms with Crippen LogP contribution in [0.3, 0.4) is 0 Å². The molecule has 6 nitrogen and oxygen atoms in total. The first kappa shape index (κ1) is 21.4. The molecule has 1 N–H and O–H groups in total. The van der Waals surface area contributed by atoms with E-state index in [2.05, 4.69) is 11.4 Å². The predicted octanol–water partition coefficient (Wildman–Crippen LogP) is 4.98. The van der Waals surface area contributed by atoms with Crippen molar-refractivity contribution in [1.29, 1.82) is 0 Å². The van der Waals surface area contributed by atoms with Gasteiger partial charge in [0, 0.05) is 29.6 Å². The highest BCUT2D eigenvalue weighted by molar-refractivity contribution is 8.01. The zero-order chi connectivity index (χ0) is 23.0. The number of urea groups is 1. The van der Waals surface area contributed by atoms with Gasteiger partial charge in [0.15, 0.2) is 4.87 Å². The van der Waals surface area contributed by atoms with E-state index in [0.29, 0.717) is 30.3 Å². The molecule has 0 bridgehead atoms. The van der Waals surface area contributed by atoms with Gasteiger partial charge in [-0.05, 0) is 30.7 Å². The first-order valence-corrected chi connectivity index (χ1v) is 11.8. The van der Waals surface area contributed by atoms with Gasteiger partial charge in [0.1, 0.15) is 5.75 Å². The van der Waals surface area contributed by atoms with Crippen molar-refractivity contribution in [2.24, 2.45) is 0 Å². The number of carbonyl (C=O) groups is 2. The maximum absolute atomic E-state index is 14.0. The normalized spacial score (nSPS) is 19.2. The molecule has 168 valence electrons. The first-order chi connectivity index (χ1) is 16.0. The molecule has 3 aromatic rings. The summed E-state index contributed by atoms with van der Waals surface area (Å²) in [6, 6.07) is 22.9. The number of amides is 3. The van der Waals surface area contributed by atoms with Gasteiger partial charge in [-0.25, -0.2) is 4.79 Å². The van der Waals surface area contributed by atoms with Gasteiger partial charge in [0.25, 0.3) is 5.91 Å². The molecule has 0 radical (unpaired) electrons. The van der Waals surface area contributed by atoms with E-state index in [1.165, 1.54) is 11.8 Å². The van der Waals surface area contributed by atoms with Crippen LogP contribution in [0.2, 0.25) is 0 Å². The first-order valence-electron chi connectivity index (χ1n) is 10.9. The molecule has 1 fully saturated rings. The van der Waals surface area contributed by atoms with E-state index < -0.39 is 4.87 Å². The van der Waals surface area contributed by atoms with Crippen molar-refractivity contribution in [2.75, 3.05) is 29.6 Å². The van der Waals surface area contributed by atoms with Gasteiger partial charge < -0.3 is 15.0 Å². The summed E-state index contributed by atoms with van der Waals surface area (Å²) < 4.78 is 5.27. The van der Waals surface area contributed by atoms with Gasteiger partial charge in [0.05, 0.1) is 19.3 Å². The molecule has 2 heterocycles. The molecule has 5 rings (SSSR count). The minimum Gasteiger partial charge on any atom is -0.497 e. The number of aryl methyl sites for hydroxylation is 1. The summed E-state index contributed by atoms with van der Waals surface area (Å²) in [6.45, 7) is 2.99. The minimum atomic E-state index is -1.07. The second-order valence-corrected chi connectivity index (χ2v) is 9.49. The van der Waals surface area contributed by atoms with E-state index in [1.54, 1.807) is 18.1 Å². The Balaban J connectivity index is 1.49. The molecule has 1 saturated heterocycles. The Morgan fingerprint density at radius 3 is 2.73 bits per heavy atom. The number of ether oxygens (including phenoxy) is 1. The lowest BCUT2D eigenvalue weighted by Gasteiger charge is -2.33. The minimum absolute atomic E-state index is 0.0755. The van der Waals surface area contributed by atoms with Gasteiger partial charge in [-0.15, -0.1) is 11.8 Å². The molecular formula is C26H25N3O3S. The number of para-hydroxylation sites is 1. The van der Waals surface area contributed by atoms with E-state index in [-0.39, 0.29) is 11.9 Å². The molecule has 33 heavy (non-hydrogen) atoms. The number of methoxy groups -OCH3 is 1. The maximum atomic E-state index is 14.0. The molecular weight excluding hydrogens is 434 g/mol. The molecule has 3 amide bonds. The van der Waals surface area contributed by atoms with Crippen LogP contribution in [0, 0.1) is 6.92 Å². The van der Waals surface area contributed by atoms with Gasteiger partial charge in [-0.3, -0.25) is 9.69 Å². The van der Waals surface area contributed by atoms with Crippen molar-refractivity contribution in [3.63, 3.8) is 0 Å². The third kappa shape index (κ3) is 3.62. The Morgan fingerprint density at radius 1 is 1.09 bits per heavy atom. The van der Waals surface area contributed by atoms with Gasteiger partial charge >= 0.3 is 6.03 Å². The third-order valence-corrected chi connectivity index (χ3v) is 7.51. The number of rotatable bonds is 4. The van der Waals surface area contributed by atoms with Crippen LogP contribution in [0.4, 0.5) is 16.2 Å². The number of nitrogens with one attached hydrogen (secondary N) is 1. The van der Waals surface area contributed by atoms with Crippen LogP contribution < -0.4 is 15.0 Å². The zero-order valence-corrected chi connectivity index (χ0v) is 19.4. The average molecular weight is 460 g/mol. The van der Waals surface area contributed by atoms with E-state index >= 15 is 0 Å². The number of hydrogen-bond acceptors (Lipinski definition) is 4. The smallest absolute Gasteiger partial charge is 0.323 e. The molecule has 3 aromatic carbocycles. The number of thioether (sulfide) groups is 1. The van der Waals surface area contributed by atoms with E-state index in [0.717, 1.165) is 22.4 Å². The summed E-state index contributed by atoms with van der Waals surface area (Å²) >= 11 is 1.52. The lowest BCUT2D eigenvalue weighted by Crippen LogP contribution is -2.51. The molecule has 0 aromatic heterocycles. The second-order valence-electron chi connectivity index (χ2n) is 8.20. The van der Waals surface area contributed by atoms with Crippen molar-refractivity contribution in [3.8, 4) is 5.75 Å². The molecule has 0 aliphatic carbocycles. The lowest BCUT2D eigenvalue weighted by molar-refractivity contribution is -0.123. The second kappa shape index (κ2) is 8.48. The fourth-order valence-corrected chi connectivity index (χ4v) is 6.07. The molecule has 1 unspecified atom stereocenters. The van der Waals surface area contributed by atoms with E-state index in [1.807, 2.05) is 72.5 Å². The standard InChI is InChI=1S/C26H25N3O3S/c1-18-7-5-8-19(15-18)17-28-23-12-4-3-11-22(23)26(24(28)30)29(13-14-33-26)25(31)27-20-9-6-10-21(16-20)32-2/h3-12,15-16H,13-14,17H2,1-2H3,(H,27,31). The van der Waals surface area contributed by atoms with E-state index in [9.17, 15) is 9.59 Å². The average Bonchev–Trinajstić information content (AvgIpc) is 3.37. The molecule has 2 aliphatic rings. The zero-order valence-electron chi connectivity index (χ0n) is 18.6. The van der Waals surface area contributed by atoms with Crippen molar-refractivity contribution >= 4 is 35.1 Å². The summed E-state index contributed by atoms with van der Waals surface area (Å²) in [5, 5.41) is 2.96. The number of hydrogen-bond donors (Lipinski definition) is 1. The highest BCUT2D eigenvalue weighted by Gasteiger charge is 2.59. The number of fused-ring (bicyclic) bond motifs is 2. The van der Waals surface area contributed by atoms with Crippen LogP contribution in [0.25, 0.3) is 0 Å². The summed E-state index contributed by atoms with van der Waals surface area (Å²) in [5.74, 6) is 1.27.